The van der Waals surface area contributed by atoms with Gasteiger partial charge < -0.3 is 4.90 Å². The molecule has 2 aliphatic rings. The maximum Gasteiger partial charge on any atom is 0.233 e. The van der Waals surface area contributed by atoms with Crippen molar-refractivity contribution < 1.29 is 9.18 Å². The van der Waals surface area contributed by atoms with Crippen LogP contribution in [0.25, 0.3) is 5.69 Å². The summed E-state index contributed by atoms with van der Waals surface area (Å²) in [4.78, 5) is 19.1. The van der Waals surface area contributed by atoms with Gasteiger partial charge in [-0.2, -0.15) is 0 Å². The van der Waals surface area contributed by atoms with Gasteiger partial charge in [-0.05, 0) is 42.9 Å². The van der Waals surface area contributed by atoms with Crippen LogP contribution < -0.4 is 0 Å². The van der Waals surface area contributed by atoms with E-state index >= 15 is 0 Å². The van der Waals surface area contributed by atoms with Crippen LogP contribution in [0.1, 0.15) is 32.1 Å². The van der Waals surface area contributed by atoms with Gasteiger partial charge in [-0.1, -0.05) is 37.1 Å². The number of carbonyl (C=O) groups excluding carboxylic acids is 1. The summed E-state index contributed by atoms with van der Waals surface area (Å²) in [6, 6.07) is 6.41. The number of rotatable bonds is 4. The number of piperidine rings is 1. The summed E-state index contributed by atoms with van der Waals surface area (Å²) in [6.45, 7) is 1.81. The van der Waals surface area contributed by atoms with Crippen LogP contribution >= 0.6 is 11.8 Å². The summed E-state index contributed by atoms with van der Waals surface area (Å²) in [7, 11) is 0. The predicted molar refractivity (Wildman–Crippen MR) is 101 cm³/mol. The second-order valence-electron chi connectivity index (χ2n) is 7.28. The fourth-order valence-electron chi connectivity index (χ4n) is 4.26. The van der Waals surface area contributed by atoms with Gasteiger partial charge in [-0.25, -0.2) is 9.37 Å². The van der Waals surface area contributed by atoms with Crippen LogP contribution in [0.4, 0.5) is 4.39 Å². The molecular weight excluding hydrogens is 349 g/mol. The molecule has 4 nitrogen and oxygen atoms in total. The third kappa shape index (κ3) is 3.80. The van der Waals surface area contributed by atoms with E-state index in [1.807, 2.05) is 15.5 Å². The van der Waals surface area contributed by atoms with E-state index < -0.39 is 0 Å². The lowest BCUT2D eigenvalue weighted by atomic mass is 9.75. The summed E-state index contributed by atoms with van der Waals surface area (Å²) >= 11 is 1.42. The smallest absolute Gasteiger partial charge is 0.233 e. The fraction of sp³-hybridized carbons (Fsp3) is 0.500. The number of carbonyl (C=O) groups is 1. The van der Waals surface area contributed by atoms with Gasteiger partial charge in [0.15, 0.2) is 5.16 Å². The van der Waals surface area contributed by atoms with E-state index in [4.69, 9.17) is 0 Å². The standard InChI is InChI=1S/C20H24FN3OS/c21-17-6-3-7-18(12-17)24-11-9-22-20(24)26-14-19(25)23-10-8-15-4-1-2-5-16(15)13-23/h3,6-7,9,11-12,15-16H,1-2,4-5,8,10,13-14H2/t15-,16+/m1/s1. The third-order valence-corrected chi connectivity index (χ3v) is 6.61. The second kappa shape index (κ2) is 7.82. The van der Waals surface area contributed by atoms with E-state index in [-0.39, 0.29) is 11.7 Å². The molecule has 1 saturated heterocycles. The molecule has 2 fully saturated rings. The number of aromatic nitrogens is 2. The largest absolute Gasteiger partial charge is 0.342 e. The first-order valence-electron chi connectivity index (χ1n) is 9.40. The lowest BCUT2D eigenvalue weighted by Crippen LogP contribution is -2.45. The van der Waals surface area contributed by atoms with Crippen LogP contribution in [0.5, 0.6) is 0 Å². The third-order valence-electron chi connectivity index (χ3n) is 5.66. The molecule has 1 aliphatic carbocycles. The van der Waals surface area contributed by atoms with Crippen molar-refractivity contribution in [1.29, 1.82) is 0 Å². The minimum atomic E-state index is -0.279. The van der Waals surface area contributed by atoms with Gasteiger partial charge in [0.25, 0.3) is 0 Å². The molecule has 2 heterocycles. The van der Waals surface area contributed by atoms with Crippen molar-refractivity contribution in [1.82, 2.24) is 14.5 Å². The minimum Gasteiger partial charge on any atom is -0.342 e. The molecule has 138 valence electrons. The first kappa shape index (κ1) is 17.6. The van der Waals surface area contributed by atoms with Crippen molar-refractivity contribution in [3.05, 3.63) is 42.5 Å². The molecule has 0 N–H and O–H groups in total. The van der Waals surface area contributed by atoms with E-state index in [9.17, 15) is 9.18 Å². The molecule has 1 aromatic carbocycles. The Morgan fingerprint density at radius 2 is 2.08 bits per heavy atom. The highest BCUT2D eigenvalue weighted by Crippen LogP contribution is 2.36. The zero-order chi connectivity index (χ0) is 17.9. The van der Waals surface area contributed by atoms with Crippen molar-refractivity contribution >= 4 is 17.7 Å². The lowest BCUT2D eigenvalue weighted by molar-refractivity contribution is -0.131. The number of hydrogen-bond donors (Lipinski definition) is 0. The zero-order valence-electron chi connectivity index (χ0n) is 14.8. The summed E-state index contributed by atoms with van der Waals surface area (Å²) in [5, 5.41) is 0.719. The Balaban J connectivity index is 1.37. The Hall–Kier alpha value is -1.82. The molecule has 0 radical (unpaired) electrons. The van der Waals surface area contributed by atoms with E-state index in [1.165, 1.54) is 49.6 Å². The minimum absolute atomic E-state index is 0.188. The molecule has 0 spiro atoms. The van der Waals surface area contributed by atoms with Crippen LogP contribution in [0.15, 0.2) is 41.8 Å². The molecule has 0 unspecified atom stereocenters. The van der Waals surface area contributed by atoms with Gasteiger partial charge >= 0.3 is 0 Å². The van der Waals surface area contributed by atoms with Crippen molar-refractivity contribution in [2.24, 2.45) is 11.8 Å². The van der Waals surface area contributed by atoms with Crippen molar-refractivity contribution in [3.63, 3.8) is 0 Å². The van der Waals surface area contributed by atoms with E-state index in [0.29, 0.717) is 11.7 Å². The van der Waals surface area contributed by atoms with Crippen LogP contribution in [0.3, 0.4) is 0 Å². The highest BCUT2D eigenvalue weighted by atomic mass is 32.2. The van der Waals surface area contributed by atoms with E-state index in [0.717, 1.165) is 36.3 Å². The van der Waals surface area contributed by atoms with E-state index in [2.05, 4.69) is 4.98 Å². The van der Waals surface area contributed by atoms with Gasteiger partial charge in [0.05, 0.1) is 11.4 Å². The average molecular weight is 373 g/mol. The quantitative estimate of drug-likeness (QED) is 0.756. The van der Waals surface area contributed by atoms with Crippen molar-refractivity contribution in [3.8, 4) is 5.69 Å². The number of amides is 1. The summed E-state index contributed by atoms with van der Waals surface area (Å²) < 4.78 is 15.3. The molecular formula is C20H24FN3OS. The SMILES string of the molecule is O=C(CSc1nccn1-c1cccc(F)c1)N1CC[C@H]2CCCC[C@H]2C1. The maximum absolute atomic E-state index is 13.5. The number of likely N-dealkylation sites (tertiary alicyclic amines) is 1. The molecule has 2 aromatic rings. The van der Waals surface area contributed by atoms with Crippen LogP contribution in [-0.2, 0) is 4.79 Å². The molecule has 1 saturated carbocycles. The number of thioether (sulfide) groups is 1. The second-order valence-corrected chi connectivity index (χ2v) is 8.22. The Morgan fingerprint density at radius 1 is 1.23 bits per heavy atom. The van der Waals surface area contributed by atoms with Gasteiger partial charge in [-0.3, -0.25) is 9.36 Å². The number of hydrogen-bond acceptors (Lipinski definition) is 3. The average Bonchev–Trinajstić information content (AvgIpc) is 3.14. The molecule has 1 aromatic heterocycles. The number of benzene rings is 1. The van der Waals surface area contributed by atoms with Gasteiger partial charge in [0.1, 0.15) is 5.82 Å². The highest BCUT2D eigenvalue weighted by molar-refractivity contribution is 7.99. The Labute approximate surface area is 157 Å². The summed E-state index contributed by atoms with van der Waals surface area (Å²) in [5.41, 5.74) is 0.723. The molecule has 0 bridgehead atoms. The van der Waals surface area contributed by atoms with Gasteiger partial charge in [-0.15, -0.1) is 0 Å². The Morgan fingerprint density at radius 3 is 2.92 bits per heavy atom. The molecule has 26 heavy (non-hydrogen) atoms. The molecule has 6 heteroatoms. The van der Waals surface area contributed by atoms with Crippen LogP contribution in [0.2, 0.25) is 0 Å². The first-order valence-corrected chi connectivity index (χ1v) is 10.4. The topological polar surface area (TPSA) is 38.1 Å². The normalized spacial score (nSPS) is 22.9. The van der Waals surface area contributed by atoms with Crippen molar-refractivity contribution in [2.45, 2.75) is 37.3 Å². The molecule has 1 amide bonds. The summed E-state index contributed by atoms with van der Waals surface area (Å²) in [6.07, 6.45) is 9.91. The van der Waals surface area contributed by atoms with Crippen LogP contribution in [-0.4, -0.2) is 39.2 Å². The number of halogens is 1. The lowest BCUT2D eigenvalue weighted by Gasteiger charge is -2.41. The monoisotopic (exact) mass is 373 g/mol. The number of nitrogens with zero attached hydrogens (tertiary/aromatic N) is 3. The molecule has 2 atom stereocenters. The number of fused-ring (bicyclic) bond motifs is 1. The molecule has 4 rings (SSSR count). The van der Waals surface area contributed by atoms with Gasteiger partial charge in [0, 0.05) is 25.5 Å². The maximum atomic E-state index is 13.5. The zero-order valence-corrected chi connectivity index (χ0v) is 15.6. The van der Waals surface area contributed by atoms with Crippen molar-refractivity contribution in [2.75, 3.05) is 18.8 Å². The first-order chi connectivity index (χ1) is 12.7. The summed E-state index contributed by atoms with van der Waals surface area (Å²) in [5.74, 6) is 1.81. The highest BCUT2D eigenvalue weighted by Gasteiger charge is 2.32. The van der Waals surface area contributed by atoms with Gasteiger partial charge in [0.2, 0.25) is 5.91 Å². The Kier molecular flexibility index (Phi) is 5.29. The van der Waals surface area contributed by atoms with Crippen LogP contribution in [0, 0.1) is 17.7 Å². The van der Waals surface area contributed by atoms with E-state index in [1.54, 1.807) is 18.5 Å². The Bertz CT molecular complexity index is 778. The molecule has 1 aliphatic heterocycles. The fourth-order valence-corrected chi connectivity index (χ4v) is 5.14. The number of imidazole rings is 1. The predicted octanol–water partition coefficient (Wildman–Crippen LogP) is 4.14.